The first-order valence-corrected chi connectivity index (χ1v) is 10.5. The monoisotopic (exact) mass is 477 g/mol. The molecule has 3 N–H and O–H groups in total. The first-order valence-electron chi connectivity index (χ1n) is 9.29. The lowest BCUT2D eigenvalue weighted by Gasteiger charge is -2.13. The molecule has 0 saturated carbocycles. The molecule has 1 unspecified atom stereocenters. The highest BCUT2D eigenvalue weighted by Crippen LogP contribution is 2.26. The van der Waals surface area contributed by atoms with E-state index in [-0.39, 0.29) is 23.0 Å². The second-order valence-electron chi connectivity index (χ2n) is 6.35. The van der Waals surface area contributed by atoms with Gasteiger partial charge in [-0.05, 0) is 84.8 Å². The number of ether oxygens (including phenoxy) is 1. The molecule has 0 heterocycles. The van der Waals surface area contributed by atoms with Gasteiger partial charge in [-0.15, -0.1) is 0 Å². The Hall–Kier alpha value is -2.45. The highest BCUT2D eigenvalue weighted by molar-refractivity contribution is 9.10. The van der Waals surface area contributed by atoms with Gasteiger partial charge in [0.15, 0.2) is 5.11 Å². The number of amides is 2. The molecule has 0 aliphatic heterocycles. The van der Waals surface area contributed by atoms with Crippen LogP contribution in [0.2, 0.25) is 0 Å². The van der Waals surface area contributed by atoms with Crippen LogP contribution in [-0.2, 0) is 0 Å². The number of rotatable bonds is 7. The SMILES string of the molecule is CCOc1ccc(C(=O)NC(=S)Nc2cccc(C(=O)NC(C)CC)c2)cc1Br. The van der Waals surface area contributed by atoms with E-state index in [1.807, 2.05) is 20.8 Å². The molecule has 1 atom stereocenters. The van der Waals surface area contributed by atoms with Crippen LogP contribution in [0.15, 0.2) is 46.9 Å². The van der Waals surface area contributed by atoms with E-state index in [4.69, 9.17) is 17.0 Å². The fourth-order valence-electron chi connectivity index (χ4n) is 2.40. The van der Waals surface area contributed by atoms with Gasteiger partial charge in [-0.2, -0.15) is 0 Å². The van der Waals surface area contributed by atoms with Crippen LogP contribution in [0.1, 0.15) is 47.9 Å². The van der Waals surface area contributed by atoms with Crippen LogP contribution in [0.5, 0.6) is 5.75 Å². The predicted molar refractivity (Wildman–Crippen MR) is 123 cm³/mol. The largest absolute Gasteiger partial charge is 0.493 e. The standard InChI is InChI=1S/C21H24BrN3O3S/c1-4-13(3)23-19(26)14-7-6-8-16(11-14)24-21(29)25-20(27)15-9-10-18(28-5-2)17(22)12-15/h6-13H,4-5H2,1-3H3,(H,23,26)(H2,24,25,27,29). The summed E-state index contributed by atoms with van der Waals surface area (Å²) in [4.78, 5) is 24.7. The van der Waals surface area contributed by atoms with Gasteiger partial charge < -0.3 is 15.4 Å². The Morgan fingerprint density at radius 1 is 1.10 bits per heavy atom. The molecule has 0 saturated heterocycles. The van der Waals surface area contributed by atoms with Crippen molar-refractivity contribution in [3.63, 3.8) is 0 Å². The Kier molecular flexibility index (Phi) is 8.60. The van der Waals surface area contributed by atoms with E-state index < -0.39 is 0 Å². The summed E-state index contributed by atoms with van der Waals surface area (Å²) >= 11 is 8.62. The van der Waals surface area contributed by atoms with Crippen LogP contribution in [0.3, 0.4) is 0 Å². The summed E-state index contributed by atoms with van der Waals surface area (Å²) in [7, 11) is 0. The van der Waals surface area contributed by atoms with Gasteiger partial charge in [-0.3, -0.25) is 14.9 Å². The summed E-state index contributed by atoms with van der Waals surface area (Å²) in [6.07, 6.45) is 0.849. The third-order valence-electron chi connectivity index (χ3n) is 4.09. The van der Waals surface area contributed by atoms with Gasteiger partial charge in [-0.1, -0.05) is 13.0 Å². The number of nitrogens with one attached hydrogen (secondary N) is 3. The highest BCUT2D eigenvalue weighted by atomic mass is 79.9. The number of hydrogen-bond donors (Lipinski definition) is 3. The topological polar surface area (TPSA) is 79.5 Å². The molecule has 29 heavy (non-hydrogen) atoms. The number of carbonyl (C=O) groups excluding carboxylic acids is 2. The summed E-state index contributed by atoms with van der Waals surface area (Å²) in [5.74, 6) is 0.159. The second-order valence-corrected chi connectivity index (χ2v) is 7.61. The van der Waals surface area contributed by atoms with Gasteiger partial charge in [0.1, 0.15) is 5.75 Å². The molecular formula is C21H24BrN3O3S. The van der Waals surface area contributed by atoms with Crippen LogP contribution >= 0.6 is 28.1 Å². The molecule has 0 radical (unpaired) electrons. The molecule has 0 aliphatic carbocycles. The molecule has 2 aromatic rings. The lowest BCUT2D eigenvalue weighted by molar-refractivity contribution is 0.0937. The van der Waals surface area contributed by atoms with Gasteiger partial charge in [0.05, 0.1) is 11.1 Å². The maximum atomic E-state index is 12.4. The first-order chi connectivity index (χ1) is 13.8. The molecule has 6 nitrogen and oxygen atoms in total. The van der Waals surface area contributed by atoms with E-state index in [1.54, 1.807) is 42.5 Å². The minimum Gasteiger partial charge on any atom is -0.493 e. The van der Waals surface area contributed by atoms with E-state index >= 15 is 0 Å². The van der Waals surface area contributed by atoms with E-state index in [9.17, 15) is 9.59 Å². The van der Waals surface area contributed by atoms with Gasteiger partial charge in [0, 0.05) is 22.9 Å². The van der Waals surface area contributed by atoms with Crippen LogP contribution in [0.4, 0.5) is 5.69 Å². The number of anilines is 1. The van der Waals surface area contributed by atoms with Crippen LogP contribution < -0.4 is 20.7 Å². The Balaban J connectivity index is 2.00. The van der Waals surface area contributed by atoms with Crippen molar-refractivity contribution in [3.8, 4) is 5.75 Å². The summed E-state index contributed by atoms with van der Waals surface area (Å²) in [5.41, 5.74) is 1.56. The number of halogens is 1. The Morgan fingerprint density at radius 3 is 2.48 bits per heavy atom. The number of benzene rings is 2. The lowest BCUT2D eigenvalue weighted by atomic mass is 10.1. The first kappa shape index (κ1) is 22.8. The van der Waals surface area contributed by atoms with Crippen LogP contribution in [0, 0.1) is 0 Å². The zero-order valence-electron chi connectivity index (χ0n) is 16.5. The zero-order valence-corrected chi connectivity index (χ0v) is 18.9. The van der Waals surface area contributed by atoms with Gasteiger partial charge >= 0.3 is 0 Å². The summed E-state index contributed by atoms with van der Waals surface area (Å²) in [6.45, 7) is 6.38. The van der Waals surface area contributed by atoms with Gasteiger partial charge in [-0.25, -0.2) is 0 Å². The normalized spacial score (nSPS) is 11.3. The summed E-state index contributed by atoms with van der Waals surface area (Å²) < 4.78 is 6.13. The van der Waals surface area contributed by atoms with Crippen molar-refractivity contribution >= 4 is 50.8 Å². The fourth-order valence-corrected chi connectivity index (χ4v) is 3.10. The third-order valence-corrected chi connectivity index (χ3v) is 4.92. The van der Waals surface area contributed by atoms with Gasteiger partial charge in [0.25, 0.3) is 11.8 Å². The highest BCUT2D eigenvalue weighted by Gasteiger charge is 2.12. The van der Waals surface area contributed by atoms with Crippen molar-refractivity contribution in [2.45, 2.75) is 33.2 Å². The number of carbonyl (C=O) groups is 2. The van der Waals surface area contributed by atoms with Crippen LogP contribution in [0.25, 0.3) is 0 Å². The zero-order chi connectivity index (χ0) is 21.4. The molecule has 0 aromatic heterocycles. The minimum atomic E-state index is -0.350. The molecule has 2 rings (SSSR count). The maximum Gasteiger partial charge on any atom is 0.257 e. The molecule has 0 spiro atoms. The molecular weight excluding hydrogens is 454 g/mol. The van der Waals surface area contributed by atoms with Gasteiger partial charge in [0.2, 0.25) is 0 Å². The lowest BCUT2D eigenvalue weighted by Crippen LogP contribution is -2.34. The van der Waals surface area contributed by atoms with E-state index in [2.05, 4.69) is 31.9 Å². The Morgan fingerprint density at radius 2 is 1.83 bits per heavy atom. The van der Waals surface area contributed by atoms with E-state index in [1.165, 1.54) is 0 Å². The molecule has 2 amide bonds. The smallest absolute Gasteiger partial charge is 0.257 e. The van der Waals surface area contributed by atoms with Crippen molar-refractivity contribution < 1.29 is 14.3 Å². The average molecular weight is 478 g/mol. The third kappa shape index (κ3) is 6.83. The molecule has 0 bridgehead atoms. The fraction of sp³-hybridized carbons (Fsp3) is 0.286. The second kappa shape index (κ2) is 10.9. The molecule has 0 fully saturated rings. The maximum absolute atomic E-state index is 12.4. The van der Waals surface area contributed by atoms with Crippen molar-refractivity contribution in [2.24, 2.45) is 0 Å². The van der Waals surface area contributed by atoms with Crippen LogP contribution in [-0.4, -0.2) is 29.6 Å². The van der Waals surface area contributed by atoms with Crippen molar-refractivity contribution in [2.75, 3.05) is 11.9 Å². The van der Waals surface area contributed by atoms with Crippen molar-refractivity contribution in [1.82, 2.24) is 10.6 Å². The summed E-state index contributed by atoms with van der Waals surface area (Å²) in [6, 6.07) is 12.1. The van der Waals surface area contributed by atoms with Crippen molar-refractivity contribution in [1.29, 1.82) is 0 Å². The Labute approximate surface area is 184 Å². The summed E-state index contributed by atoms with van der Waals surface area (Å²) in [5, 5.41) is 8.62. The molecule has 0 aliphatic rings. The average Bonchev–Trinajstić information content (AvgIpc) is 2.69. The number of thiocarbonyl (C=S) groups is 1. The van der Waals surface area contributed by atoms with E-state index in [0.29, 0.717) is 33.6 Å². The minimum absolute atomic E-state index is 0.0907. The quantitative estimate of drug-likeness (QED) is 0.511. The number of hydrogen-bond acceptors (Lipinski definition) is 4. The molecule has 154 valence electrons. The predicted octanol–water partition coefficient (Wildman–Crippen LogP) is 4.50. The molecule has 2 aromatic carbocycles. The molecule has 8 heteroatoms. The Bertz CT molecular complexity index is 904. The van der Waals surface area contributed by atoms with E-state index in [0.717, 1.165) is 6.42 Å². The van der Waals surface area contributed by atoms with Crippen molar-refractivity contribution in [3.05, 3.63) is 58.1 Å².